The smallest absolute Gasteiger partial charge is 0.410 e. The van der Waals surface area contributed by atoms with Crippen LogP contribution >= 0.6 is 0 Å². The minimum atomic E-state index is -0.545. The Labute approximate surface area is 176 Å². The quantitative estimate of drug-likeness (QED) is 0.785. The average Bonchev–Trinajstić information content (AvgIpc) is 2.77. The normalized spacial score (nSPS) is 19.3. The first-order valence-electron chi connectivity index (χ1n) is 10.2. The number of amides is 2. The fourth-order valence-corrected chi connectivity index (χ4v) is 3.32. The molecule has 3 rings (SSSR count). The maximum absolute atomic E-state index is 12.6. The summed E-state index contributed by atoms with van der Waals surface area (Å²) in [6, 6.07) is 18.5. The first-order valence-corrected chi connectivity index (χ1v) is 10.2. The van der Waals surface area contributed by atoms with E-state index >= 15 is 0 Å². The summed E-state index contributed by atoms with van der Waals surface area (Å²) in [6.07, 6.45) is 0.0416. The van der Waals surface area contributed by atoms with Crippen molar-refractivity contribution in [1.29, 1.82) is 0 Å². The highest BCUT2D eigenvalue weighted by molar-refractivity contribution is 5.69. The molecule has 1 aliphatic heterocycles. The van der Waals surface area contributed by atoms with Gasteiger partial charge in [0.1, 0.15) is 13.2 Å². The predicted molar refractivity (Wildman–Crippen MR) is 112 cm³/mol. The Balaban J connectivity index is 1.52. The lowest BCUT2D eigenvalue weighted by Crippen LogP contribution is -2.48. The van der Waals surface area contributed by atoms with Gasteiger partial charge in [0.05, 0.1) is 6.10 Å². The van der Waals surface area contributed by atoms with Gasteiger partial charge in [0.15, 0.2) is 0 Å². The number of hydrogen-bond donors (Lipinski definition) is 2. The molecule has 2 amide bonds. The summed E-state index contributed by atoms with van der Waals surface area (Å²) in [7, 11) is 0. The lowest BCUT2D eigenvalue weighted by atomic mass is 10.0. The molecule has 1 aliphatic rings. The van der Waals surface area contributed by atoms with Gasteiger partial charge in [-0.2, -0.15) is 0 Å². The van der Waals surface area contributed by atoms with Crippen LogP contribution in [-0.2, 0) is 22.7 Å². The molecule has 2 aromatic carbocycles. The fourth-order valence-electron chi connectivity index (χ4n) is 3.32. The van der Waals surface area contributed by atoms with Crippen molar-refractivity contribution >= 4 is 12.2 Å². The molecule has 7 heteroatoms. The van der Waals surface area contributed by atoms with Gasteiger partial charge in [-0.15, -0.1) is 0 Å². The van der Waals surface area contributed by atoms with Gasteiger partial charge < -0.3 is 24.8 Å². The number of carbonyl (C=O) groups is 2. The Kier molecular flexibility index (Phi) is 8.09. The molecule has 0 aromatic heterocycles. The van der Waals surface area contributed by atoms with Crippen molar-refractivity contribution in [1.82, 2.24) is 10.2 Å². The average molecular weight is 412 g/mol. The second-order valence-electron chi connectivity index (χ2n) is 7.41. The molecule has 1 heterocycles. The van der Waals surface area contributed by atoms with Gasteiger partial charge in [0.2, 0.25) is 0 Å². The highest BCUT2D eigenvalue weighted by atomic mass is 16.6. The molecule has 2 atom stereocenters. The van der Waals surface area contributed by atoms with Gasteiger partial charge in [-0.25, -0.2) is 9.59 Å². The molecule has 0 saturated carbocycles. The minimum absolute atomic E-state index is 0.171. The molecular weight excluding hydrogens is 384 g/mol. The molecule has 30 heavy (non-hydrogen) atoms. The van der Waals surface area contributed by atoms with Crippen molar-refractivity contribution in [2.75, 3.05) is 13.1 Å². The number of hydrogen-bond acceptors (Lipinski definition) is 5. The maximum Gasteiger partial charge on any atom is 0.410 e. The van der Waals surface area contributed by atoms with Crippen molar-refractivity contribution < 1.29 is 24.2 Å². The molecular formula is C23H28N2O5. The maximum atomic E-state index is 12.6. The summed E-state index contributed by atoms with van der Waals surface area (Å²) in [5.74, 6) is 0. The lowest BCUT2D eigenvalue weighted by Gasteiger charge is -2.31. The SMILES string of the molecule is O=C(N[C@H]1CC[C@@H](O)CCN(C(=O)OCc2ccccc2)C1)OCc1ccccc1. The van der Waals surface area contributed by atoms with Gasteiger partial charge >= 0.3 is 12.2 Å². The van der Waals surface area contributed by atoms with Gasteiger partial charge in [0, 0.05) is 19.1 Å². The van der Waals surface area contributed by atoms with Gasteiger partial charge in [-0.1, -0.05) is 60.7 Å². The number of likely N-dealkylation sites (tertiary alicyclic amines) is 1. The summed E-state index contributed by atoms with van der Waals surface area (Å²) in [5, 5.41) is 12.9. The van der Waals surface area contributed by atoms with E-state index in [0.717, 1.165) is 11.1 Å². The van der Waals surface area contributed by atoms with E-state index in [1.807, 2.05) is 60.7 Å². The van der Waals surface area contributed by atoms with Crippen molar-refractivity contribution in [3.05, 3.63) is 71.8 Å². The van der Waals surface area contributed by atoms with E-state index < -0.39 is 18.3 Å². The highest BCUT2D eigenvalue weighted by Crippen LogP contribution is 2.14. The zero-order chi connectivity index (χ0) is 21.2. The van der Waals surface area contributed by atoms with E-state index in [0.29, 0.717) is 32.4 Å². The Morgan fingerprint density at radius 1 is 0.900 bits per heavy atom. The third kappa shape index (κ3) is 7.08. The summed E-state index contributed by atoms with van der Waals surface area (Å²) in [4.78, 5) is 26.3. The van der Waals surface area contributed by atoms with Gasteiger partial charge in [-0.3, -0.25) is 0 Å². The van der Waals surface area contributed by atoms with Crippen LogP contribution in [0.4, 0.5) is 9.59 Å². The molecule has 0 spiro atoms. The Morgan fingerprint density at radius 3 is 2.13 bits per heavy atom. The number of rotatable bonds is 5. The number of aliphatic hydroxyl groups is 1. The van der Waals surface area contributed by atoms with Crippen LogP contribution in [0.15, 0.2) is 60.7 Å². The van der Waals surface area contributed by atoms with Crippen LogP contribution in [0.3, 0.4) is 0 Å². The number of carbonyl (C=O) groups excluding carboxylic acids is 2. The Bertz CT molecular complexity index is 800. The van der Waals surface area contributed by atoms with E-state index in [1.54, 1.807) is 0 Å². The van der Waals surface area contributed by atoms with Gasteiger partial charge in [-0.05, 0) is 30.4 Å². The molecule has 0 unspecified atom stereocenters. The monoisotopic (exact) mass is 412 g/mol. The van der Waals surface area contributed by atoms with Crippen LogP contribution in [0.25, 0.3) is 0 Å². The highest BCUT2D eigenvalue weighted by Gasteiger charge is 2.26. The number of alkyl carbamates (subject to hydrolysis) is 1. The van der Waals surface area contributed by atoms with E-state index in [4.69, 9.17) is 9.47 Å². The third-order valence-corrected chi connectivity index (χ3v) is 5.02. The van der Waals surface area contributed by atoms with Crippen LogP contribution in [0.1, 0.15) is 30.4 Å². The number of nitrogens with zero attached hydrogens (tertiary/aromatic N) is 1. The Hall–Kier alpha value is -3.06. The second kappa shape index (κ2) is 11.2. The van der Waals surface area contributed by atoms with Crippen LogP contribution < -0.4 is 5.32 Å². The zero-order valence-electron chi connectivity index (χ0n) is 16.9. The molecule has 0 radical (unpaired) electrons. The van der Waals surface area contributed by atoms with E-state index in [9.17, 15) is 14.7 Å². The van der Waals surface area contributed by atoms with E-state index in [2.05, 4.69) is 5.32 Å². The summed E-state index contributed by atoms with van der Waals surface area (Å²) in [6.45, 7) is 1.02. The van der Waals surface area contributed by atoms with Crippen LogP contribution in [0.2, 0.25) is 0 Å². The first kappa shape index (κ1) is 21.6. The molecule has 7 nitrogen and oxygen atoms in total. The van der Waals surface area contributed by atoms with Crippen LogP contribution in [0.5, 0.6) is 0 Å². The molecule has 2 aromatic rings. The third-order valence-electron chi connectivity index (χ3n) is 5.02. The van der Waals surface area contributed by atoms with E-state index in [1.165, 1.54) is 4.90 Å². The van der Waals surface area contributed by atoms with Crippen molar-refractivity contribution in [2.45, 2.75) is 44.6 Å². The zero-order valence-corrected chi connectivity index (χ0v) is 16.9. The molecule has 1 fully saturated rings. The van der Waals surface area contributed by atoms with Crippen LogP contribution in [-0.4, -0.2) is 47.4 Å². The summed E-state index contributed by atoms with van der Waals surface area (Å²) < 4.78 is 10.7. The fraction of sp³-hybridized carbons (Fsp3) is 0.391. The van der Waals surface area contributed by atoms with E-state index in [-0.39, 0.29) is 19.3 Å². The van der Waals surface area contributed by atoms with Crippen LogP contribution in [0, 0.1) is 0 Å². The standard InChI is InChI=1S/C23H28N2O5/c26-21-12-11-20(24-22(27)29-16-18-7-3-1-4-8-18)15-25(14-13-21)23(28)30-17-19-9-5-2-6-10-19/h1-10,20-21,26H,11-17H2,(H,24,27)/t20-,21+/m0/s1. The largest absolute Gasteiger partial charge is 0.445 e. The lowest BCUT2D eigenvalue weighted by molar-refractivity contribution is 0.0674. The first-order chi connectivity index (χ1) is 14.6. The second-order valence-corrected chi connectivity index (χ2v) is 7.41. The number of benzene rings is 2. The summed E-state index contributed by atoms with van der Waals surface area (Å²) >= 11 is 0. The Morgan fingerprint density at radius 2 is 1.50 bits per heavy atom. The van der Waals surface area contributed by atoms with Crippen molar-refractivity contribution in [3.8, 4) is 0 Å². The molecule has 160 valence electrons. The molecule has 1 saturated heterocycles. The molecule has 2 N–H and O–H groups in total. The minimum Gasteiger partial charge on any atom is -0.445 e. The van der Waals surface area contributed by atoms with Gasteiger partial charge in [0.25, 0.3) is 0 Å². The molecule has 0 bridgehead atoms. The number of nitrogens with one attached hydrogen (secondary N) is 1. The number of ether oxygens (including phenoxy) is 2. The predicted octanol–water partition coefficient (Wildman–Crippen LogP) is 3.47. The topological polar surface area (TPSA) is 88.1 Å². The van der Waals surface area contributed by atoms with Crippen molar-refractivity contribution in [2.24, 2.45) is 0 Å². The number of aliphatic hydroxyl groups excluding tert-OH is 1. The van der Waals surface area contributed by atoms with Crippen molar-refractivity contribution in [3.63, 3.8) is 0 Å². The summed E-state index contributed by atoms with van der Waals surface area (Å²) in [5.41, 5.74) is 1.80. The molecule has 0 aliphatic carbocycles.